The second-order valence-corrected chi connectivity index (χ2v) is 7.16. The van der Waals surface area contributed by atoms with Gasteiger partial charge in [-0.1, -0.05) is 59.3 Å². The van der Waals surface area contributed by atoms with Gasteiger partial charge in [0.1, 0.15) is 17.6 Å². The van der Waals surface area contributed by atoms with Crippen LogP contribution in [0.3, 0.4) is 0 Å². The van der Waals surface area contributed by atoms with Crippen LogP contribution in [0.15, 0.2) is 59.1 Å². The quantitative estimate of drug-likeness (QED) is 0.417. The molecule has 0 unspecified atom stereocenters. The fourth-order valence-electron chi connectivity index (χ4n) is 2.95. The number of hydrogen-bond acceptors (Lipinski definition) is 6. The van der Waals surface area contributed by atoms with E-state index in [0.717, 1.165) is 16.7 Å². The predicted octanol–water partition coefficient (Wildman–Crippen LogP) is 3.47. The lowest BCUT2D eigenvalue weighted by molar-refractivity contribution is -0.174. The van der Waals surface area contributed by atoms with Crippen molar-refractivity contribution in [2.24, 2.45) is 0 Å². The monoisotopic (exact) mass is 396 g/mol. The van der Waals surface area contributed by atoms with E-state index in [-0.39, 0.29) is 12.3 Å². The van der Waals surface area contributed by atoms with Crippen molar-refractivity contribution in [3.05, 3.63) is 77.2 Å². The SMILES string of the molecule is Cc1ccc(-c2ccc(CO[C@](C)(C(=O)NO)[C@@H](O)c3cc(C)on3)cc2)cc1. The minimum atomic E-state index is -1.77. The summed E-state index contributed by atoms with van der Waals surface area (Å²) in [7, 11) is 0. The molecule has 152 valence electrons. The van der Waals surface area contributed by atoms with Crippen LogP contribution in [-0.2, 0) is 16.1 Å². The average molecular weight is 396 g/mol. The largest absolute Gasteiger partial charge is 0.383 e. The summed E-state index contributed by atoms with van der Waals surface area (Å²) in [6, 6.07) is 17.4. The van der Waals surface area contributed by atoms with E-state index in [1.165, 1.54) is 18.6 Å². The third kappa shape index (κ3) is 4.54. The standard InChI is InChI=1S/C22H24N2O5/c1-14-4-8-17(9-5-14)18-10-6-16(7-11-18)13-28-22(3,21(26)23-27)20(25)19-12-15(2)29-24-19/h4-12,20,25,27H,13H2,1-3H3,(H,23,26)/t20-,22-/m0/s1. The van der Waals surface area contributed by atoms with Crippen molar-refractivity contribution in [3.8, 4) is 11.1 Å². The predicted molar refractivity (Wildman–Crippen MR) is 106 cm³/mol. The maximum atomic E-state index is 12.2. The van der Waals surface area contributed by atoms with Gasteiger partial charge in [-0.2, -0.15) is 0 Å². The summed E-state index contributed by atoms with van der Waals surface area (Å²) in [5.74, 6) is -0.403. The Labute approximate surface area is 168 Å². The molecule has 0 fully saturated rings. The molecule has 3 rings (SSSR count). The lowest BCUT2D eigenvalue weighted by Crippen LogP contribution is -2.50. The van der Waals surface area contributed by atoms with Crippen molar-refractivity contribution in [1.29, 1.82) is 0 Å². The van der Waals surface area contributed by atoms with Gasteiger partial charge < -0.3 is 14.4 Å². The molecule has 0 aliphatic heterocycles. The van der Waals surface area contributed by atoms with E-state index >= 15 is 0 Å². The van der Waals surface area contributed by atoms with Crippen LogP contribution < -0.4 is 5.48 Å². The number of aromatic nitrogens is 1. The third-order valence-corrected chi connectivity index (χ3v) is 4.88. The van der Waals surface area contributed by atoms with Gasteiger partial charge >= 0.3 is 0 Å². The molecule has 2 atom stereocenters. The van der Waals surface area contributed by atoms with Crippen LogP contribution in [0.2, 0.25) is 0 Å². The Morgan fingerprint density at radius 3 is 2.24 bits per heavy atom. The summed E-state index contributed by atoms with van der Waals surface area (Å²) in [4.78, 5) is 12.2. The highest BCUT2D eigenvalue weighted by molar-refractivity contribution is 5.84. The van der Waals surface area contributed by atoms with Crippen LogP contribution in [0, 0.1) is 13.8 Å². The molecule has 29 heavy (non-hydrogen) atoms. The van der Waals surface area contributed by atoms with Crippen LogP contribution >= 0.6 is 0 Å². The summed E-state index contributed by atoms with van der Waals surface area (Å²) < 4.78 is 10.7. The molecule has 1 aromatic heterocycles. The number of aliphatic hydroxyl groups excluding tert-OH is 1. The van der Waals surface area contributed by atoms with Crippen molar-refractivity contribution in [2.45, 2.75) is 39.1 Å². The fourth-order valence-corrected chi connectivity index (χ4v) is 2.95. The van der Waals surface area contributed by atoms with E-state index in [4.69, 9.17) is 14.5 Å². The third-order valence-electron chi connectivity index (χ3n) is 4.88. The average Bonchev–Trinajstić information content (AvgIpc) is 3.18. The zero-order valence-electron chi connectivity index (χ0n) is 16.5. The Morgan fingerprint density at radius 2 is 1.72 bits per heavy atom. The molecule has 0 spiro atoms. The van der Waals surface area contributed by atoms with Gasteiger partial charge in [0.05, 0.1) is 6.61 Å². The maximum absolute atomic E-state index is 12.2. The molecule has 2 aromatic carbocycles. The maximum Gasteiger partial charge on any atom is 0.278 e. The second-order valence-electron chi connectivity index (χ2n) is 7.16. The minimum absolute atomic E-state index is 0.0476. The first-order chi connectivity index (χ1) is 13.8. The molecule has 3 aromatic rings. The zero-order chi connectivity index (χ0) is 21.0. The zero-order valence-corrected chi connectivity index (χ0v) is 16.5. The number of nitrogens with zero attached hydrogens (tertiary/aromatic N) is 1. The van der Waals surface area contributed by atoms with E-state index in [0.29, 0.717) is 5.76 Å². The molecule has 7 nitrogen and oxygen atoms in total. The van der Waals surface area contributed by atoms with E-state index in [1.807, 2.05) is 31.2 Å². The van der Waals surface area contributed by atoms with Gasteiger partial charge in [-0.05, 0) is 37.5 Å². The molecule has 0 bridgehead atoms. The summed E-state index contributed by atoms with van der Waals surface area (Å²) in [6.07, 6.45) is -1.43. The Hall–Kier alpha value is -3.00. The van der Waals surface area contributed by atoms with E-state index in [2.05, 4.69) is 29.4 Å². The second kappa shape index (κ2) is 8.57. The number of rotatable bonds is 7. The number of carbonyl (C=O) groups is 1. The van der Waals surface area contributed by atoms with E-state index in [1.54, 1.807) is 12.4 Å². The Morgan fingerprint density at radius 1 is 1.14 bits per heavy atom. The highest BCUT2D eigenvalue weighted by Crippen LogP contribution is 2.31. The van der Waals surface area contributed by atoms with Crippen LogP contribution in [0.4, 0.5) is 0 Å². The lowest BCUT2D eigenvalue weighted by Gasteiger charge is -2.31. The topological polar surface area (TPSA) is 105 Å². The van der Waals surface area contributed by atoms with Gasteiger partial charge in [-0.15, -0.1) is 0 Å². The molecule has 0 radical (unpaired) electrons. The molecular weight excluding hydrogens is 372 g/mol. The summed E-state index contributed by atoms with van der Waals surface area (Å²) in [6.45, 7) is 5.14. The van der Waals surface area contributed by atoms with Gasteiger partial charge in [0, 0.05) is 6.07 Å². The Bertz CT molecular complexity index is 966. The molecular formula is C22H24N2O5. The first kappa shape index (κ1) is 20.7. The summed E-state index contributed by atoms with van der Waals surface area (Å²) >= 11 is 0. The van der Waals surface area contributed by atoms with Crippen molar-refractivity contribution in [2.75, 3.05) is 0 Å². The number of aliphatic hydroxyl groups is 1. The molecule has 1 heterocycles. The number of amides is 1. The van der Waals surface area contributed by atoms with Crippen molar-refractivity contribution in [3.63, 3.8) is 0 Å². The first-order valence-electron chi connectivity index (χ1n) is 9.19. The number of aryl methyl sites for hydroxylation is 2. The Kier molecular flexibility index (Phi) is 6.12. The lowest BCUT2D eigenvalue weighted by atomic mass is 9.95. The number of carbonyl (C=O) groups excluding carboxylic acids is 1. The number of nitrogens with one attached hydrogen (secondary N) is 1. The molecule has 0 aliphatic carbocycles. The molecule has 0 saturated heterocycles. The first-order valence-corrected chi connectivity index (χ1v) is 9.19. The fraction of sp³-hybridized carbons (Fsp3) is 0.273. The molecule has 0 saturated carbocycles. The van der Waals surface area contributed by atoms with Crippen molar-refractivity contribution in [1.82, 2.24) is 10.6 Å². The minimum Gasteiger partial charge on any atom is -0.383 e. The number of hydroxylamine groups is 1. The molecule has 0 aliphatic rings. The van der Waals surface area contributed by atoms with Gasteiger partial charge in [0.25, 0.3) is 5.91 Å². The van der Waals surface area contributed by atoms with E-state index in [9.17, 15) is 9.90 Å². The van der Waals surface area contributed by atoms with Crippen LogP contribution in [-0.4, -0.2) is 27.0 Å². The van der Waals surface area contributed by atoms with Gasteiger partial charge in [-0.3, -0.25) is 10.0 Å². The molecule has 1 amide bonds. The summed E-state index contributed by atoms with van der Waals surface area (Å²) in [5, 5.41) is 23.5. The van der Waals surface area contributed by atoms with Crippen molar-refractivity contribution >= 4 is 5.91 Å². The van der Waals surface area contributed by atoms with Gasteiger partial charge in [0.2, 0.25) is 0 Å². The van der Waals surface area contributed by atoms with Crippen LogP contribution in [0.1, 0.15) is 35.6 Å². The van der Waals surface area contributed by atoms with Gasteiger partial charge in [-0.25, -0.2) is 5.48 Å². The number of ether oxygens (including phenoxy) is 1. The number of hydrogen-bond donors (Lipinski definition) is 3. The molecule has 3 N–H and O–H groups in total. The van der Waals surface area contributed by atoms with Crippen LogP contribution in [0.5, 0.6) is 0 Å². The van der Waals surface area contributed by atoms with E-state index < -0.39 is 17.6 Å². The number of benzene rings is 2. The highest BCUT2D eigenvalue weighted by atomic mass is 16.5. The highest BCUT2D eigenvalue weighted by Gasteiger charge is 2.44. The Balaban J connectivity index is 1.75. The summed E-state index contributed by atoms with van der Waals surface area (Å²) in [5.41, 5.74) is 4.09. The smallest absolute Gasteiger partial charge is 0.278 e. The van der Waals surface area contributed by atoms with Crippen LogP contribution in [0.25, 0.3) is 11.1 Å². The normalized spacial score (nSPS) is 14.2. The molecule has 7 heteroatoms. The van der Waals surface area contributed by atoms with Crippen molar-refractivity contribution < 1.29 is 24.4 Å². The van der Waals surface area contributed by atoms with Gasteiger partial charge in [0.15, 0.2) is 5.60 Å².